The Labute approximate surface area is 121 Å². The molecule has 0 aromatic heterocycles. The van der Waals surface area contributed by atoms with Crippen LogP contribution in [0.1, 0.15) is 6.92 Å². The highest BCUT2D eigenvalue weighted by molar-refractivity contribution is 7.99. The topological polar surface area (TPSA) is 55.1 Å². The van der Waals surface area contributed by atoms with Crippen molar-refractivity contribution in [3.05, 3.63) is 47.5 Å². The molecule has 3 nitrogen and oxygen atoms in total. The van der Waals surface area contributed by atoms with Gasteiger partial charge in [-0.15, -0.1) is 0 Å². The summed E-state index contributed by atoms with van der Waals surface area (Å²) in [6, 6.07) is 13.1. The molecule has 0 aliphatic heterocycles. The summed E-state index contributed by atoms with van der Waals surface area (Å²) in [5.74, 6) is -0.0838. The average Bonchev–Trinajstić information content (AvgIpc) is 2.37. The van der Waals surface area contributed by atoms with Gasteiger partial charge in [-0.3, -0.25) is 4.79 Å². The quantitative estimate of drug-likeness (QED) is 0.840. The zero-order chi connectivity index (χ0) is 13.8. The smallest absolute Gasteiger partial charge is 0.221 e. The second-order valence-corrected chi connectivity index (χ2v) is 5.48. The second kappa shape index (κ2) is 5.99. The summed E-state index contributed by atoms with van der Waals surface area (Å²) in [6.07, 6.45) is 0. The predicted octanol–water partition coefficient (Wildman–Crippen LogP) is 4.03. The van der Waals surface area contributed by atoms with Gasteiger partial charge in [0.15, 0.2) is 0 Å². The molecule has 0 radical (unpaired) electrons. The number of amides is 1. The van der Waals surface area contributed by atoms with Crippen LogP contribution in [0.3, 0.4) is 0 Å². The first-order valence-electron chi connectivity index (χ1n) is 5.66. The van der Waals surface area contributed by atoms with E-state index in [1.54, 1.807) is 6.07 Å². The van der Waals surface area contributed by atoms with Gasteiger partial charge in [0.2, 0.25) is 5.91 Å². The molecule has 0 heterocycles. The monoisotopic (exact) mass is 292 g/mol. The molecule has 0 atom stereocenters. The van der Waals surface area contributed by atoms with Crippen molar-refractivity contribution in [3.8, 4) is 0 Å². The highest BCUT2D eigenvalue weighted by atomic mass is 35.5. The van der Waals surface area contributed by atoms with E-state index in [-0.39, 0.29) is 5.91 Å². The molecule has 3 N–H and O–H groups in total. The summed E-state index contributed by atoms with van der Waals surface area (Å²) in [6.45, 7) is 1.48. The molecule has 98 valence electrons. The van der Waals surface area contributed by atoms with Crippen molar-refractivity contribution in [1.29, 1.82) is 0 Å². The maximum absolute atomic E-state index is 10.9. The SMILES string of the molecule is CC(=O)Nc1ccc(Sc2cccc(Cl)c2N)cc1. The van der Waals surface area contributed by atoms with Gasteiger partial charge in [-0.2, -0.15) is 0 Å². The Balaban J connectivity index is 2.15. The predicted molar refractivity (Wildman–Crippen MR) is 80.7 cm³/mol. The number of benzene rings is 2. The standard InChI is InChI=1S/C14H13ClN2OS/c1-9(18)17-10-5-7-11(8-6-10)19-13-4-2-3-12(15)14(13)16/h2-8H,16H2,1H3,(H,17,18). The molecule has 2 aromatic rings. The van der Waals surface area contributed by atoms with Gasteiger partial charge in [0.1, 0.15) is 0 Å². The molecular formula is C14H13ClN2OS. The van der Waals surface area contributed by atoms with Crippen molar-refractivity contribution in [2.75, 3.05) is 11.1 Å². The third-order valence-electron chi connectivity index (χ3n) is 2.42. The van der Waals surface area contributed by atoms with Crippen LogP contribution in [0.2, 0.25) is 5.02 Å². The summed E-state index contributed by atoms with van der Waals surface area (Å²) in [5.41, 5.74) is 7.27. The zero-order valence-electron chi connectivity index (χ0n) is 10.3. The van der Waals surface area contributed by atoms with Crippen molar-refractivity contribution in [1.82, 2.24) is 0 Å². The molecule has 1 amide bonds. The summed E-state index contributed by atoms with van der Waals surface area (Å²) < 4.78 is 0. The molecule has 5 heteroatoms. The first kappa shape index (κ1) is 13.8. The molecule has 0 aliphatic rings. The fourth-order valence-electron chi connectivity index (χ4n) is 1.54. The van der Waals surface area contributed by atoms with Crippen molar-refractivity contribution in [3.63, 3.8) is 0 Å². The molecule has 0 unspecified atom stereocenters. The number of para-hydroxylation sites is 1. The van der Waals surface area contributed by atoms with Crippen molar-refractivity contribution in [2.45, 2.75) is 16.7 Å². The maximum Gasteiger partial charge on any atom is 0.221 e. The van der Waals surface area contributed by atoms with Crippen LogP contribution in [0.5, 0.6) is 0 Å². The van der Waals surface area contributed by atoms with Crippen LogP contribution in [-0.2, 0) is 4.79 Å². The minimum absolute atomic E-state index is 0.0838. The normalized spacial score (nSPS) is 10.2. The number of carbonyl (C=O) groups is 1. The number of rotatable bonds is 3. The molecule has 0 aliphatic carbocycles. The first-order chi connectivity index (χ1) is 9.06. The molecule has 2 rings (SSSR count). The van der Waals surface area contributed by atoms with E-state index in [0.717, 1.165) is 15.5 Å². The summed E-state index contributed by atoms with van der Waals surface area (Å²) in [5, 5.41) is 3.28. The fraction of sp³-hybridized carbons (Fsp3) is 0.0714. The molecule has 0 spiro atoms. The lowest BCUT2D eigenvalue weighted by molar-refractivity contribution is -0.114. The maximum atomic E-state index is 10.9. The minimum atomic E-state index is -0.0838. The average molecular weight is 293 g/mol. The van der Waals surface area contributed by atoms with E-state index in [4.69, 9.17) is 17.3 Å². The Hall–Kier alpha value is -1.65. The van der Waals surface area contributed by atoms with Gasteiger partial charge >= 0.3 is 0 Å². The fourth-order valence-corrected chi connectivity index (χ4v) is 2.67. The van der Waals surface area contributed by atoms with E-state index in [1.807, 2.05) is 36.4 Å². The Morgan fingerprint density at radius 3 is 2.53 bits per heavy atom. The van der Waals surface area contributed by atoms with Gasteiger partial charge in [-0.1, -0.05) is 29.4 Å². The van der Waals surface area contributed by atoms with Gasteiger partial charge in [0, 0.05) is 22.4 Å². The van der Waals surface area contributed by atoms with Crippen LogP contribution < -0.4 is 11.1 Å². The summed E-state index contributed by atoms with van der Waals surface area (Å²) in [4.78, 5) is 12.9. The van der Waals surface area contributed by atoms with Crippen molar-refractivity contribution >= 4 is 40.6 Å². The van der Waals surface area contributed by atoms with Gasteiger partial charge in [-0.05, 0) is 36.4 Å². The molecule has 0 saturated heterocycles. The number of halogens is 1. The highest BCUT2D eigenvalue weighted by Gasteiger charge is 2.05. The molecule has 0 saturated carbocycles. The van der Waals surface area contributed by atoms with E-state index in [9.17, 15) is 4.79 Å². The van der Waals surface area contributed by atoms with Gasteiger partial charge in [0.05, 0.1) is 10.7 Å². The Kier molecular flexibility index (Phi) is 4.35. The minimum Gasteiger partial charge on any atom is -0.397 e. The first-order valence-corrected chi connectivity index (χ1v) is 6.85. The molecular weight excluding hydrogens is 280 g/mol. The van der Waals surface area contributed by atoms with Crippen LogP contribution in [-0.4, -0.2) is 5.91 Å². The zero-order valence-corrected chi connectivity index (χ0v) is 11.9. The van der Waals surface area contributed by atoms with Crippen LogP contribution >= 0.6 is 23.4 Å². The van der Waals surface area contributed by atoms with Gasteiger partial charge in [-0.25, -0.2) is 0 Å². The van der Waals surface area contributed by atoms with Crippen molar-refractivity contribution in [2.24, 2.45) is 0 Å². The van der Waals surface area contributed by atoms with Crippen LogP contribution in [0.4, 0.5) is 11.4 Å². The Morgan fingerprint density at radius 1 is 1.21 bits per heavy atom. The van der Waals surface area contributed by atoms with E-state index in [2.05, 4.69) is 5.32 Å². The van der Waals surface area contributed by atoms with E-state index in [1.165, 1.54) is 18.7 Å². The van der Waals surface area contributed by atoms with Crippen LogP contribution in [0, 0.1) is 0 Å². The molecule has 0 bridgehead atoms. The number of hydrogen-bond donors (Lipinski definition) is 2. The third kappa shape index (κ3) is 3.66. The van der Waals surface area contributed by atoms with Gasteiger partial charge < -0.3 is 11.1 Å². The number of anilines is 2. The van der Waals surface area contributed by atoms with E-state index >= 15 is 0 Å². The molecule has 0 fully saturated rings. The van der Waals surface area contributed by atoms with Crippen molar-refractivity contribution < 1.29 is 4.79 Å². The lowest BCUT2D eigenvalue weighted by Gasteiger charge is -2.07. The van der Waals surface area contributed by atoms with E-state index < -0.39 is 0 Å². The van der Waals surface area contributed by atoms with Crippen LogP contribution in [0.15, 0.2) is 52.3 Å². The number of nitrogens with one attached hydrogen (secondary N) is 1. The number of nitrogens with two attached hydrogens (primary N) is 1. The third-order valence-corrected chi connectivity index (χ3v) is 3.83. The lowest BCUT2D eigenvalue weighted by atomic mass is 10.3. The van der Waals surface area contributed by atoms with E-state index in [0.29, 0.717) is 10.7 Å². The van der Waals surface area contributed by atoms with Gasteiger partial charge in [0.25, 0.3) is 0 Å². The Bertz CT molecular complexity index is 599. The lowest BCUT2D eigenvalue weighted by Crippen LogP contribution is -2.05. The highest BCUT2D eigenvalue weighted by Crippen LogP contribution is 2.35. The van der Waals surface area contributed by atoms with Crippen LogP contribution in [0.25, 0.3) is 0 Å². The Morgan fingerprint density at radius 2 is 1.89 bits per heavy atom. The summed E-state index contributed by atoms with van der Waals surface area (Å²) in [7, 11) is 0. The number of nitrogen functional groups attached to an aromatic ring is 1. The number of carbonyl (C=O) groups excluding carboxylic acids is 1. The largest absolute Gasteiger partial charge is 0.397 e. The number of hydrogen-bond acceptors (Lipinski definition) is 3. The second-order valence-electron chi connectivity index (χ2n) is 3.96. The molecule has 2 aromatic carbocycles. The molecule has 19 heavy (non-hydrogen) atoms. The summed E-state index contributed by atoms with van der Waals surface area (Å²) >= 11 is 7.51.